The molecule has 1 aromatic heterocycles. The fraction of sp³-hybridized carbons (Fsp3) is 0.625. The molecule has 1 amide bonds. The highest BCUT2D eigenvalue weighted by atomic mass is 32.1. The lowest BCUT2D eigenvalue weighted by molar-refractivity contribution is -0.121. The minimum Gasteiger partial charge on any atom is -0.355 e. The monoisotopic (exact) mass is 323 g/mol. The van der Waals surface area contributed by atoms with Crippen LogP contribution < -0.4 is 10.6 Å². The lowest BCUT2D eigenvalue weighted by Crippen LogP contribution is -2.46. The minimum absolute atomic E-state index is 0.0342. The van der Waals surface area contributed by atoms with Gasteiger partial charge in [0, 0.05) is 67.4 Å². The number of hydrogen-bond acceptors (Lipinski definition) is 5. The smallest absolute Gasteiger partial charge is 0.220 e. The van der Waals surface area contributed by atoms with E-state index in [1.165, 1.54) is 0 Å². The standard InChI is InChI=1S/C16H25N3O2S/c1-12-11-14(13(2)22-12)15(20)3-4-16(21)18-7-10-19-8-5-17-6-9-19/h11,17H,3-10H2,1-2H3,(H,18,21). The summed E-state index contributed by atoms with van der Waals surface area (Å²) < 4.78 is 0. The number of aryl methyl sites for hydroxylation is 2. The van der Waals surface area contributed by atoms with Crippen molar-refractivity contribution in [1.29, 1.82) is 0 Å². The van der Waals surface area contributed by atoms with E-state index in [-0.39, 0.29) is 24.5 Å². The van der Waals surface area contributed by atoms with E-state index in [9.17, 15) is 9.59 Å². The van der Waals surface area contributed by atoms with Crippen molar-refractivity contribution in [2.45, 2.75) is 26.7 Å². The van der Waals surface area contributed by atoms with E-state index in [0.717, 1.165) is 48.0 Å². The van der Waals surface area contributed by atoms with Crippen LogP contribution in [0.2, 0.25) is 0 Å². The number of ketones is 1. The van der Waals surface area contributed by atoms with E-state index in [0.29, 0.717) is 6.54 Å². The minimum atomic E-state index is -0.0342. The van der Waals surface area contributed by atoms with Gasteiger partial charge >= 0.3 is 0 Å². The van der Waals surface area contributed by atoms with Gasteiger partial charge in [0.15, 0.2) is 5.78 Å². The van der Waals surface area contributed by atoms with Crippen LogP contribution in [0.1, 0.15) is 33.0 Å². The summed E-state index contributed by atoms with van der Waals surface area (Å²) in [5.41, 5.74) is 0.774. The predicted octanol–water partition coefficient (Wildman–Crippen LogP) is 1.35. The molecule has 0 atom stereocenters. The Labute approximate surface area is 136 Å². The summed E-state index contributed by atoms with van der Waals surface area (Å²) in [7, 11) is 0. The third kappa shape index (κ3) is 5.19. The van der Waals surface area contributed by atoms with Gasteiger partial charge < -0.3 is 10.6 Å². The molecular weight excluding hydrogens is 298 g/mol. The van der Waals surface area contributed by atoms with Crippen LogP contribution in [0.5, 0.6) is 0 Å². The van der Waals surface area contributed by atoms with Crippen molar-refractivity contribution in [2.75, 3.05) is 39.3 Å². The summed E-state index contributed by atoms with van der Waals surface area (Å²) in [6, 6.07) is 1.92. The molecule has 5 nitrogen and oxygen atoms in total. The second kappa shape index (κ2) is 8.41. The van der Waals surface area contributed by atoms with Crippen molar-refractivity contribution in [1.82, 2.24) is 15.5 Å². The van der Waals surface area contributed by atoms with E-state index < -0.39 is 0 Å². The van der Waals surface area contributed by atoms with Crippen LogP contribution in [0.3, 0.4) is 0 Å². The number of rotatable bonds is 7. The quantitative estimate of drug-likeness (QED) is 0.744. The predicted molar refractivity (Wildman–Crippen MR) is 89.7 cm³/mol. The fourth-order valence-corrected chi connectivity index (χ4v) is 3.59. The molecule has 0 spiro atoms. The zero-order chi connectivity index (χ0) is 15.9. The molecule has 6 heteroatoms. The van der Waals surface area contributed by atoms with Crippen LogP contribution >= 0.6 is 11.3 Å². The van der Waals surface area contributed by atoms with Crippen LogP contribution in [0.25, 0.3) is 0 Å². The molecule has 1 aliphatic heterocycles. The maximum absolute atomic E-state index is 12.1. The first-order valence-electron chi connectivity index (χ1n) is 7.86. The fourth-order valence-electron chi connectivity index (χ4n) is 2.65. The highest BCUT2D eigenvalue weighted by Crippen LogP contribution is 2.22. The van der Waals surface area contributed by atoms with Gasteiger partial charge in [-0.15, -0.1) is 11.3 Å². The molecule has 122 valence electrons. The number of thiophene rings is 1. The summed E-state index contributed by atoms with van der Waals surface area (Å²) in [6.07, 6.45) is 0.561. The first-order valence-corrected chi connectivity index (χ1v) is 8.68. The summed E-state index contributed by atoms with van der Waals surface area (Å²) >= 11 is 1.63. The zero-order valence-electron chi connectivity index (χ0n) is 13.4. The number of nitrogens with zero attached hydrogens (tertiary/aromatic N) is 1. The lowest BCUT2D eigenvalue weighted by atomic mass is 10.1. The van der Waals surface area contributed by atoms with E-state index in [4.69, 9.17) is 0 Å². The Kier molecular flexibility index (Phi) is 6.54. The molecular formula is C16H25N3O2S. The maximum Gasteiger partial charge on any atom is 0.220 e. The third-order valence-electron chi connectivity index (χ3n) is 3.88. The maximum atomic E-state index is 12.1. The third-order valence-corrected chi connectivity index (χ3v) is 4.85. The first-order chi connectivity index (χ1) is 10.6. The molecule has 0 bridgehead atoms. The second-order valence-electron chi connectivity index (χ2n) is 5.69. The number of carbonyl (C=O) groups excluding carboxylic acids is 2. The second-order valence-corrected chi connectivity index (χ2v) is 7.15. The topological polar surface area (TPSA) is 61.4 Å². The van der Waals surface area contributed by atoms with Crippen LogP contribution in [-0.4, -0.2) is 55.9 Å². The van der Waals surface area contributed by atoms with Gasteiger partial charge in [0.1, 0.15) is 0 Å². The normalized spacial score (nSPS) is 15.7. The molecule has 0 aromatic carbocycles. The molecule has 1 saturated heterocycles. The molecule has 1 aliphatic rings. The molecule has 0 aliphatic carbocycles. The van der Waals surface area contributed by atoms with Crippen molar-refractivity contribution >= 4 is 23.0 Å². The Morgan fingerprint density at radius 1 is 1.27 bits per heavy atom. The van der Waals surface area contributed by atoms with Gasteiger partial charge in [-0.2, -0.15) is 0 Å². The largest absolute Gasteiger partial charge is 0.355 e. The summed E-state index contributed by atoms with van der Waals surface area (Å²) in [6.45, 7) is 9.59. The number of amides is 1. The summed E-state index contributed by atoms with van der Waals surface area (Å²) in [5, 5.41) is 6.21. The van der Waals surface area contributed by atoms with Gasteiger partial charge in [-0.25, -0.2) is 0 Å². The Hall–Kier alpha value is -1.24. The number of piperazine rings is 1. The Bertz CT molecular complexity index is 521. The number of carbonyl (C=O) groups is 2. The van der Waals surface area contributed by atoms with Crippen molar-refractivity contribution in [3.8, 4) is 0 Å². The van der Waals surface area contributed by atoms with E-state index in [1.54, 1.807) is 11.3 Å². The highest BCUT2D eigenvalue weighted by molar-refractivity contribution is 7.12. The van der Waals surface area contributed by atoms with Gasteiger partial charge in [-0.05, 0) is 19.9 Å². The lowest BCUT2D eigenvalue weighted by Gasteiger charge is -2.27. The summed E-state index contributed by atoms with van der Waals surface area (Å²) in [4.78, 5) is 28.5. The van der Waals surface area contributed by atoms with Crippen LogP contribution in [0.4, 0.5) is 0 Å². The molecule has 0 saturated carbocycles. The zero-order valence-corrected chi connectivity index (χ0v) is 14.2. The first kappa shape index (κ1) is 17.1. The molecule has 0 radical (unpaired) electrons. The Morgan fingerprint density at radius 3 is 2.64 bits per heavy atom. The van der Waals surface area contributed by atoms with Gasteiger partial charge in [0.2, 0.25) is 5.91 Å². The average Bonchev–Trinajstić information content (AvgIpc) is 2.84. The highest BCUT2D eigenvalue weighted by Gasteiger charge is 2.14. The molecule has 1 fully saturated rings. The molecule has 1 aromatic rings. The SMILES string of the molecule is Cc1cc(C(=O)CCC(=O)NCCN2CCNCC2)c(C)s1. The number of nitrogens with one attached hydrogen (secondary N) is 2. The van der Waals surface area contributed by atoms with E-state index in [1.807, 2.05) is 19.9 Å². The molecule has 22 heavy (non-hydrogen) atoms. The van der Waals surface area contributed by atoms with Crippen molar-refractivity contribution in [2.24, 2.45) is 0 Å². The number of hydrogen-bond donors (Lipinski definition) is 2. The van der Waals surface area contributed by atoms with E-state index >= 15 is 0 Å². The molecule has 2 N–H and O–H groups in total. The van der Waals surface area contributed by atoms with E-state index in [2.05, 4.69) is 15.5 Å². The van der Waals surface area contributed by atoms with Crippen molar-refractivity contribution in [3.05, 3.63) is 21.4 Å². The molecule has 2 heterocycles. The van der Waals surface area contributed by atoms with Gasteiger partial charge in [-0.3, -0.25) is 14.5 Å². The van der Waals surface area contributed by atoms with Crippen LogP contribution in [0, 0.1) is 13.8 Å². The number of Topliss-reactive ketones (excluding diaryl/α,β-unsaturated/α-hetero) is 1. The van der Waals surface area contributed by atoms with Gasteiger partial charge in [0.05, 0.1) is 0 Å². The van der Waals surface area contributed by atoms with Gasteiger partial charge in [0.25, 0.3) is 0 Å². The molecule has 2 rings (SSSR count). The average molecular weight is 323 g/mol. The Balaban J connectivity index is 1.64. The summed E-state index contributed by atoms with van der Waals surface area (Å²) in [5.74, 6) is 0.0344. The van der Waals surface area contributed by atoms with Crippen molar-refractivity contribution < 1.29 is 9.59 Å². The van der Waals surface area contributed by atoms with Crippen LogP contribution in [0.15, 0.2) is 6.07 Å². The van der Waals surface area contributed by atoms with Crippen molar-refractivity contribution in [3.63, 3.8) is 0 Å². The Morgan fingerprint density at radius 2 is 2.00 bits per heavy atom. The van der Waals surface area contributed by atoms with Crippen LogP contribution in [-0.2, 0) is 4.79 Å². The van der Waals surface area contributed by atoms with Gasteiger partial charge in [-0.1, -0.05) is 0 Å². The molecule has 0 unspecified atom stereocenters.